The molecule has 1 aromatic carbocycles. The van der Waals surface area contributed by atoms with Gasteiger partial charge in [0.25, 0.3) is 0 Å². The standard InChI is InChI=1S/C12H18N2S/c1-9-7-11(4-5-12(9)13)15-8-10-3-2-6-14-10/h4-5,7,10,14H,2-3,6,8,13H2,1H3. The molecule has 1 unspecified atom stereocenters. The molecule has 1 heterocycles. The maximum Gasteiger partial charge on any atom is 0.0344 e. The third-order valence-corrected chi connectivity index (χ3v) is 4.01. The summed E-state index contributed by atoms with van der Waals surface area (Å²) in [5.41, 5.74) is 7.85. The van der Waals surface area contributed by atoms with Crippen molar-refractivity contribution in [2.75, 3.05) is 18.0 Å². The lowest BCUT2D eigenvalue weighted by Gasteiger charge is -2.10. The Bertz CT molecular complexity index is 332. The van der Waals surface area contributed by atoms with E-state index in [0.29, 0.717) is 6.04 Å². The van der Waals surface area contributed by atoms with Crippen molar-refractivity contribution in [3.8, 4) is 0 Å². The number of rotatable bonds is 3. The van der Waals surface area contributed by atoms with Crippen LogP contribution in [0.4, 0.5) is 5.69 Å². The lowest BCUT2D eigenvalue weighted by Crippen LogP contribution is -2.23. The van der Waals surface area contributed by atoms with E-state index in [4.69, 9.17) is 5.73 Å². The van der Waals surface area contributed by atoms with Crippen molar-refractivity contribution in [1.82, 2.24) is 5.32 Å². The summed E-state index contributed by atoms with van der Waals surface area (Å²) in [4.78, 5) is 1.33. The topological polar surface area (TPSA) is 38.0 Å². The highest BCUT2D eigenvalue weighted by Gasteiger charge is 2.13. The smallest absolute Gasteiger partial charge is 0.0344 e. The van der Waals surface area contributed by atoms with Crippen molar-refractivity contribution in [3.05, 3.63) is 23.8 Å². The fourth-order valence-electron chi connectivity index (χ4n) is 1.83. The van der Waals surface area contributed by atoms with E-state index >= 15 is 0 Å². The maximum atomic E-state index is 5.79. The van der Waals surface area contributed by atoms with Gasteiger partial charge in [0.05, 0.1) is 0 Å². The number of anilines is 1. The monoisotopic (exact) mass is 222 g/mol. The van der Waals surface area contributed by atoms with Gasteiger partial charge in [-0.1, -0.05) is 0 Å². The number of aryl methyl sites for hydroxylation is 1. The van der Waals surface area contributed by atoms with Gasteiger partial charge in [-0.15, -0.1) is 11.8 Å². The zero-order valence-corrected chi connectivity index (χ0v) is 9.94. The van der Waals surface area contributed by atoms with Gasteiger partial charge < -0.3 is 11.1 Å². The third-order valence-electron chi connectivity index (χ3n) is 2.85. The van der Waals surface area contributed by atoms with Crippen LogP contribution in [0.25, 0.3) is 0 Å². The zero-order chi connectivity index (χ0) is 10.7. The Kier molecular flexibility index (Phi) is 3.54. The normalized spacial score (nSPS) is 20.7. The summed E-state index contributed by atoms with van der Waals surface area (Å²) in [6.45, 7) is 3.25. The number of benzene rings is 1. The summed E-state index contributed by atoms with van der Waals surface area (Å²) < 4.78 is 0. The Morgan fingerprint density at radius 3 is 3.07 bits per heavy atom. The van der Waals surface area contributed by atoms with Gasteiger partial charge in [0.15, 0.2) is 0 Å². The lowest BCUT2D eigenvalue weighted by atomic mass is 10.2. The van der Waals surface area contributed by atoms with E-state index < -0.39 is 0 Å². The molecule has 1 saturated heterocycles. The van der Waals surface area contributed by atoms with Crippen LogP contribution in [-0.4, -0.2) is 18.3 Å². The number of nitrogens with two attached hydrogens (primary N) is 1. The molecule has 1 aliphatic heterocycles. The molecular formula is C12H18N2S. The van der Waals surface area contributed by atoms with Crippen molar-refractivity contribution in [1.29, 1.82) is 0 Å². The molecule has 0 spiro atoms. The molecular weight excluding hydrogens is 204 g/mol. The minimum Gasteiger partial charge on any atom is -0.399 e. The number of hydrogen-bond donors (Lipinski definition) is 2. The fourth-order valence-corrected chi connectivity index (χ4v) is 2.94. The van der Waals surface area contributed by atoms with Crippen molar-refractivity contribution in [2.45, 2.75) is 30.7 Å². The predicted molar refractivity (Wildman–Crippen MR) is 67.3 cm³/mol. The van der Waals surface area contributed by atoms with Crippen LogP contribution in [0.15, 0.2) is 23.1 Å². The summed E-state index contributed by atoms with van der Waals surface area (Å²) in [6, 6.07) is 6.99. The molecule has 2 rings (SSSR count). The summed E-state index contributed by atoms with van der Waals surface area (Å²) >= 11 is 1.92. The van der Waals surface area contributed by atoms with Crippen molar-refractivity contribution in [3.63, 3.8) is 0 Å². The molecule has 1 aromatic rings. The predicted octanol–water partition coefficient (Wildman–Crippen LogP) is 2.42. The Morgan fingerprint density at radius 2 is 2.40 bits per heavy atom. The minimum atomic E-state index is 0.702. The third kappa shape index (κ3) is 2.89. The minimum absolute atomic E-state index is 0.702. The molecule has 3 heteroatoms. The maximum absolute atomic E-state index is 5.79. The average Bonchev–Trinajstić information content (AvgIpc) is 2.73. The number of hydrogen-bond acceptors (Lipinski definition) is 3. The molecule has 1 atom stereocenters. The highest BCUT2D eigenvalue weighted by atomic mass is 32.2. The molecule has 1 fully saturated rings. The largest absolute Gasteiger partial charge is 0.399 e. The first-order valence-corrected chi connectivity index (χ1v) is 6.46. The Balaban J connectivity index is 1.90. The molecule has 2 nitrogen and oxygen atoms in total. The molecule has 1 aliphatic rings. The van der Waals surface area contributed by atoms with Crippen LogP contribution in [0, 0.1) is 6.92 Å². The van der Waals surface area contributed by atoms with E-state index in [0.717, 1.165) is 5.69 Å². The van der Waals surface area contributed by atoms with Crippen molar-refractivity contribution < 1.29 is 0 Å². The van der Waals surface area contributed by atoms with Gasteiger partial charge >= 0.3 is 0 Å². The van der Waals surface area contributed by atoms with Gasteiger partial charge in [-0.2, -0.15) is 0 Å². The quantitative estimate of drug-likeness (QED) is 0.609. The molecule has 0 aromatic heterocycles. The average molecular weight is 222 g/mol. The summed E-state index contributed by atoms with van der Waals surface area (Å²) in [5, 5.41) is 3.51. The summed E-state index contributed by atoms with van der Waals surface area (Å²) in [6.07, 6.45) is 2.65. The highest BCUT2D eigenvalue weighted by Crippen LogP contribution is 2.24. The summed E-state index contributed by atoms with van der Waals surface area (Å²) in [5.74, 6) is 1.17. The zero-order valence-electron chi connectivity index (χ0n) is 9.12. The Labute approximate surface area is 95.6 Å². The number of nitrogens with one attached hydrogen (secondary N) is 1. The number of thioether (sulfide) groups is 1. The molecule has 0 radical (unpaired) electrons. The molecule has 0 aliphatic carbocycles. The van der Waals surface area contributed by atoms with Gasteiger partial charge in [-0.25, -0.2) is 0 Å². The van der Waals surface area contributed by atoms with Crippen molar-refractivity contribution in [2.24, 2.45) is 0 Å². The van der Waals surface area contributed by atoms with E-state index in [1.54, 1.807) is 0 Å². The highest BCUT2D eigenvalue weighted by molar-refractivity contribution is 7.99. The molecule has 82 valence electrons. The Morgan fingerprint density at radius 1 is 1.53 bits per heavy atom. The van der Waals surface area contributed by atoms with Crippen LogP contribution in [0.5, 0.6) is 0 Å². The van der Waals surface area contributed by atoms with Gasteiger partial charge in [0.2, 0.25) is 0 Å². The second-order valence-electron chi connectivity index (χ2n) is 4.12. The summed E-state index contributed by atoms with van der Waals surface area (Å²) in [7, 11) is 0. The first kappa shape index (κ1) is 10.8. The van der Waals surface area contributed by atoms with E-state index in [1.807, 2.05) is 17.8 Å². The molecule has 3 N–H and O–H groups in total. The second kappa shape index (κ2) is 4.90. The SMILES string of the molecule is Cc1cc(SCC2CCCN2)ccc1N. The first-order valence-electron chi connectivity index (χ1n) is 5.48. The van der Waals surface area contributed by atoms with Gasteiger partial charge in [-0.3, -0.25) is 0 Å². The van der Waals surface area contributed by atoms with E-state index in [9.17, 15) is 0 Å². The molecule has 0 amide bonds. The second-order valence-corrected chi connectivity index (χ2v) is 5.22. The van der Waals surface area contributed by atoms with Crippen LogP contribution in [-0.2, 0) is 0 Å². The van der Waals surface area contributed by atoms with E-state index in [-0.39, 0.29) is 0 Å². The van der Waals surface area contributed by atoms with Gasteiger partial charge in [-0.05, 0) is 50.1 Å². The van der Waals surface area contributed by atoms with Crippen LogP contribution in [0.1, 0.15) is 18.4 Å². The Hall–Kier alpha value is -0.670. The first-order chi connectivity index (χ1) is 7.25. The van der Waals surface area contributed by atoms with Gasteiger partial charge in [0.1, 0.15) is 0 Å². The van der Waals surface area contributed by atoms with Gasteiger partial charge in [0, 0.05) is 22.4 Å². The van der Waals surface area contributed by atoms with Crippen molar-refractivity contribution >= 4 is 17.4 Å². The van der Waals surface area contributed by atoms with E-state index in [2.05, 4.69) is 24.4 Å². The van der Waals surface area contributed by atoms with Crippen LogP contribution >= 0.6 is 11.8 Å². The molecule has 15 heavy (non-hydrogen) atoms. The van der Waals surface area contributed by atoms with Crippen LogP contribution in [0.2, 0.25) is 0 Å². The van der Waals surface area contributed by atoms with Crippen LogP contribution in [0.3, 0.4) is 0 Å². The van der Waals surface area contributed by atoms with E-state index in [1.165, 1.54) is 35.6 Å². The molecule has 0 bridgehead atoms. The number of nitrogen functional groups attached to an aromatic ring is 1. The fraction of sp³-hybridized carbons (Fsp3) is 0.500. The lowest BCUT2D eigenvalue weighted by molar-refractivity contribution is 0.674. The van der Waals surface area contributed by atoms with Crippen LogP contribution < -0.4 is 11.1 Å². The molecule has 0 saturated carbocycles.